The number of hydrogen-bond acceptors (Lipinski definition) is 3. The summed E-state index contributed by atoms with van der Waals surface area (Å²) in [6.07, 6.45) is 5.58. The van der Waals surface area contributed by atoms with Crippen molar-refractivity contribution in [3.63, 3.8) is 0 Å². The second kappa shape index (κ2) is 4.69. The topological polar surface area (TPSA) is 70.5 Å². The first kappa shape index (κ1) is 13.8. The molecule has 0 bridgehead atoms. The summed E-state index contributed by atoms with van der Waals surface area (Å²) in [7, 11) is 0. The molecule has 21 heavy (non-hydrogen) atoms. The average Bonchev–Trinajstić information content (AvgIpc) is 2.99. The van der Waals surface area contributed by atoms with E-state index < -0.39 is 5.97 Å². The monoisotopic (exact) mass is 286 g/mol. The highest BCUT2D eigenvalue weighted by Crippen LogP contribution is 2.33. The molecule has 1 aliphatic carbocycles. The number of nitrogens with zero attached hydrogens (tertiary/aromatic N) is 2. The first-order valence-electron chi connectivity index (χ1n) is 7.14. The quantitative estimate of drug-likeness (QED) is 0.904. The van der Waals surface area contributed by atoms with Gasteiger partial charge in [-0.15, -0.1) is 0 Å². The Morgan fingerprint density at radius 1 is 1.38 bits per heavy atom. The van der Waals surface area contributed by atoms with Gasteiger partial charge in [-0.1, -0.05) is 0 Å². The van der Waals surface area contributed by atoms with Gasteiger partial charge in [-0.05, 0) is 44.4 Å². The predicted molar refractivity (Wildman–Crippen MR) is 77.9 cm³/mol. The zero-order valence-electron chi connectivity index (χ0n) is 12.2. The molecule has 0 aromatic carbocycles. The zero-order valence-corrected chi connectivity index (χ0v) is 12.2. The van der Waals surface area contributed by atoms with Crippen LogP contribution >= 0.6 is 0 Å². The van der Waals surface area contributed by atoms with Gasteiger partial charge in [0.15, 0.2) is 0 Å². The fourth-order valence-corrected chi connectivity index (χ4v) is 3.22. The number of aromatic carboxylic acids is 1. The SMILES string of the molecule is CC1(C)CCCN1C(=O)C1=Cc2nccc(C(=O)O)c2C1. The van der Waals surface area contributed by atoms with E-state index in [2.05, 4.69) is 18.8 Å². The number of likely N-dealkylation sites (tertiary alicyclic amines) is 1. The Bertz CT molecular complexity index is 661. The van der Waals surface area contributed by atoms with Crippen LogP contribution in [0.4, 0.5) is 0 Å². The number of carboxylic acid groups (broad SMARTS) is 1. The van der Waals surface area contributed by atoms with Crippen molar-refractivity contribution in [2.45, 2.75) is 38.6 Å². The molecule has 0 unspecified atom stereocenters. The summed E-state index contributed by atoms with van der Waals surface area (Å²) in [4.78, 5) is 30.0. The fraction of sp³-hybridized carbons (Fsp3) is 0.438. The molecule has 0 saturated carbocycles. The van der Waals surface area contributed by atoms with E-state index in [9.17, 15) is 14.7 Å². The second-order valence-corrected chi connectivity index (χ2v) is 6.25. The lowest BCUT2D eigenvalue weighted by Gasteiger charge is -2.32. The third-order valence-corrected chi connectivity index (χ3v) is 4.42. The van der Waals surface area contributed by atoms with Crippen LogP contribution in [0.15, 0.2) is 17.8 Å². The Hall–Kier alpha value is -2.17. The molecule has 1 fully saturated rings. The minimum absolute atomic E-state index is 0.00633. The Kier molecular flexibility index (Phi) is 3.08. The van der Waals surface area contributed by atoms with Gasteiger partial charge in [-0.2, -0.15) is 0 Å². The van der Waals surface area contributed by atoms with E-state index in [-0.39, 0.29) is 17.0 Å². The highest BCUT2D eigenvalue weighted by atomic mass is 16.4. The molecule has 1 saturated heterocycles. The Labute approximate surface area is 123 Å². The van der Waals surface area contributed by atoms with Crippen LogP contribution in [0.2, 0.25) is 0 Å². The number of carbonyl (C=O) groups excluding carboxylic acids is 1. The van der Waals surface area contributed by atoms with Gasteiger partial charge >= 0.3 is 5.97 Å². The number of fused-ring (bicyclic) bond motifs is 1. The summed E-state index contributed by atoms with van der Waals surface area (Å²) in [5, 5.41) is 9.22. The van der Waals surface area contributed by atoms with E-state index >= 15 is 0 Å². The molecule has 5 heteroatoms. The summed E-state index contributed by atoms with van der Waals surface area (Å²) in [6.45, 7) is 4.90. The van der Waals surface area contributed by atoms with E-state index in [1.807, 2.05) is 4.90 Å². The van der Waals surface area contributed by atoms with Gasteiger partial charge in [0.25, 0.3) is 5.91 Å². The van der Waals surface area contributed by atoms with Crippen molar-refractivity contribution in [1.29, 1.82) is 0 Å². The highest BCUT2D eigenvalue weighted by Gasteiger charge is 2.37. The highest BCUT2D eigenvalue weighted by molar-refractivity contribution is 6.02. The summed E-state index contributed by atoms with van der Waals surface area (Å²) in [6, 6.07) is 1.49. The van der Waals surface area contributed by atoms with Crippen molar-refractivity contribution in [3.05, 3.63) is 34.7 Å². The molecule has 1 aliphatic heterocycles. The van der Waals surface area contributed by atoms with E-state index in [0.717, 1.165) is 19.4 Å². The zero-order chi connectivity index (χ0) is 15.2. The van der Waals surface area contributed by atoms with Crippen LogP contribution in [0.5, 0.6) is 0 Å². The molecule has 1 aromatic rings. The maximum absolute atomic E-state index is 12.7. The lowest BCUT2D eigenvalue weighted by atomic mass is 10.0. The Morgan fingerprint density at radius 3 is 2.76 bits per heavy atom. The molecule has 3 rings (SSSR count). The van der Waals surface area contributed by atoms with Gasteiger partial charge in [0.1, 0.15) is 0 Å². The van der Waals surface area contributed by atoms with Crippen molar-refractivity contribution in [2.75, 3.05) is 6.54 Å². The average molecular weight is 286 g/mol. The van der Waals surface area contributed by atoms with Crippen LogP contribution in [0.25, 0.3) is 6.08 Å². The molecule has 2 heterocycles. The van der Waals surface area contributed by atoms with Crippen molar-refractivity contribution < 1.29 is 14.7 Å². The third-order valence-electron chi connectivity index (χ3n) is 4.42. The first-order valence-corrected chi connectivity index (χ1v) is 7.14. The third kappa shape index (κ3) is 2.22. The number of pyridine rings is 1. The molecular formula is C16H18N2O3. The van der Waals surface area contributed by atoms with Crippen LogP contribution in [0, 0.1) is 0 Å². The molecule has 110 valence electrons. The summed E-state index contributed by atoms with van der Waals surface area (Å²) in [5.74, 6) is -0.968. The Morgan fingerprint density at radius 2 is 2.14 bits per heavy atom. The molecular weight excluding hydrogens is 268 g/mol. The summed E-state index contributed by atoms with van der Waals surface area (Å²) < 4.78 is 0. The van der Waals surface area contributed by atoms with Crippen LogP contribution in [-0.4, -0.2) is 39.0 Å². The van der Waals surface area contributed by atoms with E-state index in [1.54, 1.807) is 6.08 Å². The minimum atomic E-state index is -0.975. The largest absolute Gasteiger partial charge is 0.478 e. The smallest absolute Gasteiger partial charge is 0.336 e. The molecule has 1 N–H and O–H groups in total. The van der Waals surface area contributed by atoms with Crippen LogP contribution in [0.1, 0.15) is 48.3 Å². The standard InChI is InChI=1S/C16H18N2O3/c1-16(2)5-3-7-18(16)14(19)10-8-12-11(15(20)21)4-6-17-13(12)9-10/h4,6,9H,3,5,7-8H2,1-2H3,(H,20,21). The van der Waals surface area contributed by atoms with Gasteiger partial charge in [-0.3, -0.25) is 9.78 Å². The first-order chi connectivity index (χ1) is 9.90. The number of amides is 1. The molecule has 0 spiro atoms. The van der Waals surface area contributed by atoms with Gasteiger partial charge in [0.05, 0.1) is 11.3 Å². The predicted octanol–water partition coefficient (Wildman–Crippen LogP) is 2.12. The van der Waals surface area contributed by atoms with E-state index in [0.29, 0.717) is 23.3 Å². The summed E-state index contributed by atoms with van der Waals surface area (Å²) >= 11 is 0. The number of rotatable bonds is 2. The van der Waals surface area contributed by atoms with Crippen molar-refractivity contribution >= 4 is 18.0 Å². The number of aromatic nitrogens is 1. The van der Waals surface area contributed by atoms with Gasteiger partial charge in [0, 0.05) is 30.3 Å². The maximum atomic E-state index is 12.7. The van der Waals surface area contributed by atoms with Crippen LogP contribution in [-0.2, 0) is 11.2 Å². The van der Waals surface area contributed by atoms with Crippen molar-refractivity contribution in [2.24, 2.45) is 0 Å². The van der Waals surface area contributed by atoms with Gasteiger partial charge < -0.3 is 10.0 Å². The number of carboxylic acids is 1. The molecule has 1 aromatic heterocycles. The normalized spacial score (nSPS) is 19.3. The second-order valence-electron chi connectivity index (χ2n) is 6.25. The van der Waals surface area contributed by atoms with Gasteiger partial charge in [0.2, 0.25) is 0 Å². The lowest BCUT2D eigenvalue weighted by Crippen LogP contribution is -2.43. The summed E-state index contributed by atoms with van der Waals surface area (Å²) in [5.41, 5.74) is 2.00. The van der Waals surface area contributed by atoms with E-state index in [1.165, 1.54) is 12.3 Å². The van der Waals surface area contributed by atoms with E-state index in [4.69, 9.17) is 0 Å². The molecule has 5 nitrogen and oxygen atoms in total. The molecule has 2 aliphatic rings. The lowest BCUT2D eigenvalue weighted by molar-refractivity contribution is -0.130. The van der Waals surface area contributed by atoms with Crippen molar-refractivity contribution in [1.82, 2.24) is 9.88 Å². The van der Waals surface area contributed by atoms with Crippen molar-refractivity contribution in [3.8, 4) is 0 Å². The maximum Gasteiger partial charge on any atom is 0.336 e. The molecule has 0 radical (unpaired) electrons. The van der Waals surface area contributed by atoms with Crippen LogP contribution in [0.3, 0.4) is 0 Å². The number of hydrogen-bond donors (Lipinski definition) is 1. The van der Waals surface area contributed by atoms with Crippen LogP contribution < -0.4 is 0 Å². The fourth-order valence-electron chi connectivity index (χ4n) is 3.22. The Balaban J connectivity index is 1.89. The number of carbonyl (C=O) groups is 2. The molecule has 0 atom stereocenters. The minimum Gasteiger partial charge on any atom is -0.478 e. The molecule has 1 amide bonds. The van der Waals surface area contributed by atoms with Gasteiger partial charge in [-0.25, -0.2) is 4.79 Å².